The summed E-state index contributed by atoms with van der Waals surface area (Å²) < 4.78 is 0. The Bertz CT molecular complexity index is 679. The van der Waals surface area contributed by atoms with Gasteiger partial charge in [0.15, 0.2) is 0 Å². The van der Waals surface area contributed by atoms with E-state index in [0.717, 1.165) is 37.6 Å². The smallest absolute Gasteiger partial charge is 0.142 e. The first-order valence-corrected chi connectivity index (χ1v) is 8.00. The molecule has 5 heteroatoms. The molecule has 3 heterocycles. The quantitative estimate of drug-likeness (QED) is 0.941. The molecule has 0 radical (unpaired) electrons. The van der Waals surface area contributed by atoms with Crippen molar-refractivity contribution in [3.63, 3.8) is 0 Å². The molecule has 2 aromatic heterocycles. The molecule has 1 N–H and O–H groups in total. The molecule has 2 unspecified atom stereocenters. The highest BCUT2D eigenvalue weighted by molar-refractivity contribution is 5.39. The molecular formula is C18H21N5. The Morgan fingerprint density at radius 3 is 2.96 bits per heavy atom. The van der Waals surface area contributed by atoms with Gasteiger partial charge in [-0.15, -0.1) is 0 Å². The molecule has 1 saturated heterocycles. The normalized spacial score (nSPS) is 21.6. The van der Waals surface area contributed by atoms with Gasteiger partial charge in [-0.2, -0.15) is 5.26 Å². The first-order valence-electron chi connectivity index (χ1n) is 8.00. The topological polar surface area (TPSA) is 64.8 Å². The fourth-order valence-corrected chi connectivity index (χ4v) is 3.08. The summed E-state index contributed by atoms with van der Waals surface area (Å²) in [5, 5.41) is 12.4. The number of piperidine rings is 1. The SMILES string of the molecule is CC1CN(Cc2ccccn2)CCC1Nc1cccc(C#N)n1. The molecule has 0 bridgehead atoms. The van der Waals surface area contributed by atoms with E-state index in [1.165, 1.54) is 0 Å². The zero-order valence-electron chi connectivity index (χ0n) is 13.3. The highest BCUT2D eigenvalue weighted by Gasteiger charge is 2.26. The Morgan fingerprint density at radius 2 is 2.22 bits per heavy atom. The Hall–Kier alpha value is -2.45. The second kappa shape index (κ2) is 7.21. The summed E-state index contributed by atoms with van der Waals surface area (Å²) in [5.74, 6) is 1.30. The molecule has 1 aliphatic heterocycles. The van der Waals surface area contributed by atoms with Gasteiger partial charge in [0, 0.05) is 31.9 Å². The van der Waals surface area contributed by atoms with Crippen molar-refractivity contribution in [3.8, 4) is 6.07 Å². The zero-order chi connectivity index (χ0) is 16.1. The number of nitrogens with one attached hydrogen (secondary N) is 1. The van der Waals surface area contributed by atoms with Crippen LogP contribution in [0.5, 0.6) is 0 Å². The molecule has 5 nitrogen and oxygen atoms in total. The van der Waals surface area contributed by atoms with E-state index in [4.69, 9.17) is 5.26 Å². The molecule has 1 aliphatic rings. The van der Waals surface area contributed by atoms with Gasteiger partial charge in [0.1, 0.15) is 17.6 Å². The zero-order valence-corrected chi connectivity index (χ0v) is 13.3. The fraction of sp³-hybridized carbons (Fsp3) is 0.389. The van der Waals surface area contributed by atoms with Crippen LogP contribution in [0, 0.1) is 17.2 Å². The van der Waals surface area contributed by atoms with Crippen LogP contribution in [-0.2, 0) is 6.54 Å². The lowest BCUT2D eigenvalue weighted by Gasteiger charge is -2.37. The van der Waals surface area contributed by atoms with Crippen molar-refractivity contribution in [2.75, 3.05) is 18.4 Å². The second-order valence-electron chi connectivity index (χ2n) is 6.09. The van der Waals surface area contributed by atoms with E-state index >= 15 is 0 Å². The highest BCUT2D eigenvalue weighted by atomic mass is 15.2. The molecule has 3 rings (SSSR count). The lowest BCUT2D eigenvalue weighted by Crippen LogP contribution is -2.45. The van der Waals surface area contributed by atoms with E-state index in [2.05, 4.69) is 39.2 Å². The van der Waals surface area contributed by atoms with Gasteiger partial charge >= 0.3 is 0 Å². The van der Waals surface area contributed by atoms with E-state index in [9.17, 15) is 0 Å². The van der Waals surface area contributed by atoms with Gasteiger partial charge in [0.2, 0.25) is 0 Å². The van der Waals surface area contributed by atoms with E-state index in [0.29, 0.717) is 17.7 Å². The minimum Gasteiger partial charge on any atom is -0.367 e. The maximum Gasteiger partial charge on any atom is 0.142 e. The van der Waals surface area contributed by atoms with Gasteiger partial charge < -0.3 is 5.32 Å². The third kappa shape index (κ3) is 4.05. The number of hydrogen-bond acceptors (Lipinski definition) is 5. The van der Waals surface area contributed by atoms with Crippen LogP contribution in [0.15, 0.2) is 42.6 Å². The molecule has 2 atom stereocenters. The second-order valence-corrected chi connectivity index (χ2v) is 6.09. The Labute approximate surface area is 137 Å². The molecule has 1 fully saturated rings. The van der Waals surface area contributed by atoms with E-state index in [1.54, 1.807) is 6.07 Å². The number of rotatable bonds is 4. The summed E-state index contributed by atoms with van der Waals surface area (Å²) in [6.45, 7) is 5.24. The number of pyridine rings is 2. The van der Waals surface area contributed by atoms with Crippen molar-refractivity contribution in [1.82, 2.24) is 14.9 Å². The van der Waals surface area contributed by atoms with Crippen molar-refractivity contribution >= 4 is 5.82 Å². The first-order chi connectivity index (χ1) is 11.2. The monoisotopic (exact) mass is 307 g/mol. The van der Waals surface area contributed by atoms with Crippen LogP contribution < -0.4 is 5.32 Å². The number of hydrogen-bond donors (Lipinski definition) is 1. The van der Waals surface area contributed by atoms with Crippen LogP contribution in [0.4, 0.5) is 5.82 Å². The van der Waals surface area contributed by atoms with Crippen LogP contribution in [0.3, 0.4) is 0 Å². The number of nitrogens with zero attached hydrogens (tertiary/aromatic N) is 4. The van der Waals surface area contributed by atoms with E-state index in [1.807, 2.05) is 30.5 Å². The summed E-state index contributed by atoms with van der Waals surface area (Å²) in [6.07, 6.45) is 2.91. The molecule has 0 aromatic carbocycles. The Kier molecular flexibility index (Phi) is 4.84. The summed E-state index contributed by atoms with van der Waals surface area (Å²) in [4.78, 5) is 11.2. The summed E-state index contributed by atoms with van der Waals surface area (Å²) in [6, 6.07) is 14.1. The Balaban J connectivity index is 1.57. The van der Waals surface area contributed by atoms with Gasteiger partial charge in [-0.25, -0.2) is 4.98 Å². The number of likely N-dealkylation sites (tertiary alicyclic amines) is 1. The van der Waals surface area contributed by atoms with Gasteiger partial charge in [0.05, 0.1) is 5.69 Å². The number of aromatic nitrogens is 2. The number of anilines is 1. The third-order valence-electron chi connectivity index (χ3n) is 4.30. The highest BCUT2D eigenvalue weighted by Crippen LogP contribution is 2.21. The average Bonchev–Trinajstić information content (AvgIpc) is 2.58. The minimum atomic E-state index is 0.386. The van der Waals surface area contributed by atoms with Crippen LogP contribution in [0.1, 0.15) is 24.7 Å². The van der Waals surface area contributed by atoms with Crippen LogP contribution in [-0.4, -0.2) is 34.0 Å². The van der Waals surface area contributed by atoms with Gasteiger partial charge in [-0.1, -0.05) is 19.1 Å². The molecule has 23 heavy (non-hydrogen) atoms. The number of nitriles is 1. The molecule has 2 aromatic rings. The van der Waals surface area contributed by atoms with Crippen LogP contribution >= 0.6 is 0 Å². The third-order valence-corrected chi connectivity index (χ3v) is 4.30. The standard InChI is InChI=1S/C18H21N5/c1-14-12-23(13-16-5-2-3-9-20-16)10-8-17(14)22-18-7-4-6-15(11-19)21-18/h2-7,9,14,17H,8,10,12-13H2,1H3,(H,21,22). The molecule has 0 spiro atoms. The predicted octanol–water partition coefficient (Wildman–Crippen LogP) is 2.67. The maximum absolute atomic E-state index is 8.94. The molecule has 118 valence electrons. The van der Waals surface area contributed by atoms with E-state index in [-0.39, 0.29) is 0 Å². The molecule has 0 saturated carbocycles. The predicted molar refractivity (Wildman–Crippen MR) is 89.7 cm³/mol. The fourth-order valence-electron chi connectivity index (χ4n) is 3.08. The maximum atomic E-state index is 8.94. The summed E-state index contributed by atoms with van der Waals surface area (Å²) in [5.41, 5.74) is 1.57. The van der Waals surface area contributed by atoms with Crippen molar-refractivity contribution in [1.29, 1.82) is 5.26 Å². The van der Waals surface area contributed by atoms with Gasteiger partial charge in [-0.3, -0.25) is 9.88 Å². The lowest BCUT2D eigenvalue weighted by atomic mass is 9.93. The van der Waals surface area contributed by atoms with Crippen LogP contribution in [0.25, 0.3) is 0 Å². The first kappa shape index (κ1) is 15.4. The molecular weight excluding hydrogens is 286 g/mol. The van der Waals surface area contributed by atoms with Crippen LogP contribution in [0.2, 0.25) is 0 Å². The van der Waals surface area contributed by atoms with Gasteiger partial charge in [0.25, 0.3) is 0 Å². The van der Waals surface area contributed by atoms with E-state index < -0.39 is 0 Å². The van der Waals surface area contributed by atoms with Crippen molar-refractivity contribution in [2.24, 2.45) is 5.92 Å². The summed E-state index contributed by atoms with van der Waals surface area (Å²) >= 11 is 0. The molecule has 0 amide bonds. The van der Waals surface area contributed by atoms with Crippen molar-refractivity contribution in [2.45, 2.75) is 25.9 Å². The largest absolute Gasteiger partial charge is 0.367 e. The van der Waals surface area contributed by atoms with Crippen molar-refractivity contribution in [3.05, 3.63) is 54.0 Å². The minimum absolute atomic E-state index is 0.386. The van der Waals surface area contributed by atoms with Crippen molar-refractivity contribution < 1.29 is 0 Å². The lowest BCUT2D eigenvalue weighted by molar-refractivity contribution is 0.163. The summed E-state index contributed by atoms with van der Waals surface area (Å²) in [7, 11) is 0. The Morgan fingerprint density at radius 1 is 1.30 bits per heavy atom. The molecule has 0 aliphatic carbocycles. The van der Waals surface area contributed by atoms with Gasteiger partial charge in [-0.05, 0) is 36.6 Å². The average molecular weight is 307 g/mol.